The molecule has 0 aliphatic heterocycles. The number of benzene rings is 1. The monoisotopic (exact) mass is 337 g/mol. The van der Waals surface area contributed by atoms with Crippen molar-refractivity contribution in [2.24, 2.45) is 0 Å². The lowest BCUT2D eigenvalue weighted by Gasteiger charge is -2.11. The molecule has 3 rings (SSSR count). The predicted molar refractivity (Wildman–Crippen MR) is 95.6 cm³/mol. The van der Waals surface area contributed by atoms with Crippen LogP contribution in [-0.2, 0) is 0 Å². The quantitative estimate of drug-likeness (QED) is 0.757. The van der Waals surface area contributed by atoms with Gasteiger partial charge in [0.25, 0.3) is 11.8 Å². The van der Waals surface area contributed by atoms with Crippen LogP contribution < -0.4 is 10.6 Å². The summed E-state index contributed by atoms with van der Waals surface area (Å²) in [6.07, 6.45) is 1.68. The van der Waals surface area contributed by atoms with Crippen LogP contribution in [0.2, 0.25) is 0 Å². The molecule has 0 aliphatic carbocycles. The molecular weight excluding hydrogens is 322 g/mol. The molecule has 0 fully saturated rings. The molecule has 0 unspecified atom stereocenters. The highest BCUT2D eigenvalue weighted by Gasteiger charge is 2.14. The fourth-order valence-corrected chi connectivity index (χ4v) is 2.74. The summed E-state index contributed by atoms with van der Waals surface area (Å²) in [5, 5.41) is 9.10. The van der Waals surface area contributed by atoms with Crippen molar-refractivity contribution < 1.29 is 9.59 Å². The number of pyridine rings is 1. The molecule has 0 bridgehead atoms. The van der Waals surface area contributed by atoms with E-state index in [1.807, 2.05) is 18.4 Å². The summed E-state index contributed by atoms with van der Waals surface area (Å²) in [6, 6.07) is 12.2. The standard InChI is InChI=1S/C18H15N3O2S/c1-12-6-7-16(19-10-12)21-18(23)14-4-2-3-5-15(14)20-17(22)13-8-9-24-11-13/h2-11H,1H3,(H,20,22)(H,19,21,23). The van der Waals surface area contributed by atoms with Crippen molar-refractivity contribution in [2.45, 2.75) is 6.92 Å². The second-order valence-electron chi connectivity index (χ2n) is 5.19. The number of aryl methyl sites for hydroxylation is 1. The molecule has 3 aromatic rings. The van der Waals surface area contributed by atoms with Gasteiger partial charge < -0.3 is 10.6 Å². The van der Waals surface area contributed by atoms with Gasteiger partial charge in [-0.25, -0.2) is 4.98 Å². The highest BCUT2D eigenvalue weighted by atomic mass is 32.1. The number of anilines is 2. The summed E-state index contributed by atoms with van der Waals surface area (Å²) in [5.74, 6) is -0.109. The molecule has 0 atom stereocenters. The van der Waals surface area contributed by atoms with Crippen LogP contribution in [-0.4, -0.2) is 16.8 Å². The predicted octanol–water partition coefficient (Wildman–Crippen LogP) is 3.96. The second-order valence-corrected chi connectivity index (χ2v) is 5.97. The number of aromatic nitrogens is 1. The van der Waals surface area contributed by atoms with Gasteiger partial charge in [0.2, 0.25) is 0 Å². The Balaban J connectivity index is 1.79. The van der Waals surface area contributed by atoms with Gasteiger partial charge in [0.05, 0.1) is 16.8 Å². The third-order valence-electron chi connectivity index (χ3n) is 3.36. The number of carbonyl (C=O) groups excluding carboxylic acids is 2. The minimum absolute atomic E-state index is 0.245. The Bertz CT molecular complexity index is 858. The number of nitrogens with zero attached hydrogens (tertiary/aromatic N) is 1. The van der Waals surface area contributed by atoms with E-state index in [0.717, 1.165) is 5.56 Å². The summed E-state index contributed by atoms with van der Waals surface area (Å²) in [6.45, 7) is 1.92. The molecule has 2 aromatic heterocycles. The second kappa shape index (κ2) is 7.06. The van der Waals surface area contributed by atoms with E-state index < -0.39 is 0 Å². The topological polar surface area (TPSA) is 71.1 Å². The number of rotatable bonds is 4. The molecule has 0 spiro atoms. The molecule has 1 aromatic carbocycles. The number of hydrogen-bond acceptors (Lipinski definition) is 4. The first kappa shape index (κ1) is 15.9. The van der Waals surface area contributed by atoms with Crippen molar-refractivity contribution >= 4 is 34.7 Å². The highest BCUT2D eigenvalue weighted by Crippen LogP contribution is 2.18. The molecule has 5 nitrogen and oxygen atoms in total. The Labute approximate surface area is 143 Å². The fraction of sp³-hybridized carbons (Fsp3) is 0.0556. The number of thiophene rings is 1. The Morgan fingerprint density at radius 2 is 1.83 bits per heavy atom. The van der Waals surface area contributed by atoms with E-state index in [1.165, 1.54) is 11.3 Å². The van der Waals surface area contributed by atoms with E-state index in [4.69, 9.17) is 0 Å². The summed E-state index contributed by atoms with van der Waals surface area (Å²) in [4.78, 5) is 28.8. The number of nitrogens with one attached hydrogen (secondary N) is 2. The van der Waals surface area contributed by atoms with Crippen molar-refractivity contribution in [3.05, 3.63) is 76.1 Å². The van der Waals surface area contributed by atoms with Crippen LogP contribution in [0.5, 0.6) is 0 Å². The average Bonchev–Trinajstić information content (AvgIpc) is 3.12. The molecule has 120 valence electrons. The van der Waals surface area contributed by atoms with Gasteiger partial charge in [-0.05, 0) is 42.1 Å². The van der Waals surface area contributed by atoms with Gasteiger partial charge in [-0.3, -0.25) is 9.59 Å². The van der Waals surface area contributed by atoms with E-state index in [0.29, 0.717) is 22.6 Å². The summed E-state index contributed by atoms with van der Waals surface area (Å²) in [7, 11) is 0. The van der Waals surface area contributed by atoms with Crippen molar-refractivity contribution in [3.63, 3.8) is 0 Å². The third kappa shape index (κ3) is 3.67. The van der Waals surface area contributed by atoms with Crippen LogP contribution in [0.25, 0.3) is 0 Å². The van der Waals surface area contributed by atoms with Crippen LogP contribution in [0.1, 0.15) is 26.3 Å². The Morgan fingerprint density at radius 1 is 1.00 bits per heavy atom. The zero-order valence-corrected chi connectivity index (χ0v) is 13.8. The normalized spacial score (nSPS) is 10.2. The summed E-state index contributed by atoms with van der Waals surface area (Å²) in [5.41, 5.74) is 2.41. The maximum absolute atomic E-state index is 12.5. The fourth-order valence-electron chi connectivity index (χ4n) is 2.10. The van der Waals surface area contributed by atoms with E-state index in [-0.39, 0.29) is 11.8 Å². The van der Waals surface area contributed by atoms with Crippen LogP contribution in [0, 0.1) is 6.92 Å². The number of para-hydroxylation sites is 1. The van der Waals surface area contributed by atoms with Crippen molar-refractivity contribution in [3.8, 4) is 0 Å². The Kier molecular flexibility index (Phi) is 4.67. The first-order valence-electron chi connectivity index (χ1n) is 7.30. The minimum atomic E-state index is -0.326. The molecule has 2 N–H and O–H groups in total. The molecule has 0 saturated carbocycles. The number of amides is 2. The molecule has 2 heterocycles. The molecule has 0 radical (unpaired) electrons. The number of hydrogen-bond donors (Lipinski definition) is 2. The largest absolute Gasteiger partial charge is 0.321 e. The van der Waals surface area contributed by atoms with Gasteiger partial charge in [0.15, 0.2) is 0 Å². The maximum Gasteiger partial charge on any atom is 0.258 e. The SMILES string of the molecule is Cc1ccc(NC(=O)c2ccccc2NC(=O)c2ccsc2)nc1. The van der Waals surface area contributed by atoms with E-state index >= 15 is 0 Å². The third-order valence-corrected chi connectivity index (χ3v) is 4.04. The van der Waals surface area contributed by atoms with Gasteiger partial charge in [-0.1, -0.05) is 18.2 Å². The van der Waals surface area contributed by atoms with Gasteiger partial charge >= 0.3 is 0 Å². The lowest BCUT2D eigenvalue weighted by molar-refractivity contribution is 0.102. The molecule has 2 amide bonds. The smallest absolute Gasteiger partial charge is 0.258 e. The van der Waals surface area contributed by atoms with Gasteiger partial charge in [-0.15, -0.1) is 0 Å². The van der Waals surface area contributed by atoms with Crippen molar-refractivity contribution in [2.75, 3.05) is 10.6 Å². The van der Waals surface area contributed by atoms with Crippen molar-refractivity contribution in [1.82, 2.24) is 4.98 Å². The van der Waals surface area contributed by atoms with Crippen molar-refractivity contribution in [1.29, 1.82) is 0 Å². The van der Waals surface area contributed by atoms with Gasteiger partial charge in [0, 0.05) is 11.6 Å². The van der Waals surface area contributed by atoms with Gasteiger partial charge in [0.1, 0.15) is 5.82 Å². The maximum atomic E-state index is 12.5. The molecule has 24 heavy (non-hydrogen) atoms. The molecular formula is C18H15N3O2S. The Hall–Kier alpha value is -2.99. The van der Waals surface area contributed by atoms with E-state index in [2.05, 4.69) is 15.6 Å². The van der Waals surface area contributed by atoms with Crippen LogP contribution >= 0.6 is 11.3 Å². The van der Waals surface area contributed by atoms with Gasteiger partial charge in [-0.2, -0.15) is 11.3 Å². The summed E-state index contributed by atoms with van der Waals surface area (Å²) < 4.78 is 0. The van der Waals surface area contributed by atoms with Crippen LogP contribution in [0.15, 0.2) is 59.4 Å². The van der Waals surface area contributed by atoms with E-state index in [9.17, 15) is 9.59 Å². The number of carbonyl (C=O) groups is 2. The zero-order chi connectivity index (χ0) is 16.9. The zero-order valence-electron chi connectivity index (χ0n) is 12.9. The summed E-state index contributed by atoms with van der Waals surface area (Å²) >= 11 is 1.44. The Morgan fingerprint density at radius 3 is 2.54 bits per heavy atom. The first-order chi connectivity index (χ1) is 11.6. The van der Waals surface area contributed by atoms with Crippen LogP contribution in [0.4, 0.5) is 11.5 Å². The molecule has 0 saturated heterocycles. The lowest BCUT2D eigenvalue weighted by Crippen LogP contribution is -2.18. The van der Waals surface area contributed by atoms with E-state index in [1.54, 1.807) is 48.0 Å². The first-order valence-corrected chi connectivity index (χ1v) is 8.24. The van der Waals surface area contributed by atoms with Crippen LogP contribution in [0.3, 0.4) is 0 Å². The highest BCUT2D eigenvalue weighted by molar-refractivity contribution is 7.08. The molecule has 0 aliphatic rings. The lowest BCUT2D eigenvalue weighted by atomic mass is 10.1. The molecule has 6 heteroatoms. The minimum Gasteiger partial charge on any atom is -0.321 e. The average molecular weight is 337 g/mol.